The predicted octanol–water partition coefficient (Wildman–Crippen LogP) is 0.807. The standard InChI is InChI=1S/C10H14O6/c11-7(12)5-6-1-3-10(4-2-6,8(13)14)9(15)16/h6H,1-5H2,(H,11,12)(H,13,14)(H,15,16). The lowest BCUT2D eigenvalue weighted by Gasteiger charge is -2.32. The Morgan fingerprint density at radius 1 is 1.00 bits per heavy atom. The first-order chi connectivity index (χ1) is 7.38. The van der Waals surface area contributed by atoms with Gasteiger partial charge in [-0.25, -0.2) is 0 Å². The van der Waals surface area contributed by atoms with Crippen molar-refractivity contribution in [1.29, 1.82) is 0 Å². The third-order valence-electron chi connectivity index (χ3n) is 3.24. The number of carboxylic acids is 3. The Hall–Kier alpha value is -1.59. The summed E-state index contributed by atoms with van der Waals surface area (Å²) in [5, 5.41) is 26.4. The number of carboxylic acid groups (broad SMARTS) is 3. The molecule has 0 unspecified atom stereocenters. The molecular formula is C10H14O6. The van der Waals surface area contributed by atoms with Crippen molar-refractivity contribution in [3.05, 3.63) is 0 Å². The van der Waals surface area contributed by atoms with Crippen LogP contribution in [0.25, 0.3) is 0 Å². The summed E-state index contributed by atoms with van der Waals surface area (Å²) in [6, 6.07) is 0. The molecule has 0 aromatic rings. The monoisotopic (exact) mass is 230 g/mol. The van der Waals surface area contributed by atoms with E-state index in [1.807, 2.05) is 0 Å². The van der Waals surface area contributed by atoms with Gasteiger partial charge >= 0.3 is 17.9 Å². The van der Waals surface area contributed by atoms with Gasteiger partial charge in [-0.05, 0) is 31.6 Å². The molecule has 0 atom stereocenters. The Balaban J connectivity index is 2.67. The van der Waals surface area contributed by atoms with E-state index in [4.69, 9.17) is 15.3 Å². The second kappa shape index (κ2) is 4.51. The lowest BCUT2D eigenvalue weighted by Crippen LogP contribution is -2.42. The molecule has 0 spiro atoms. The van der Waals surface area contributed by atoms with Crippen LogP contribution in [-0.2, 0) is 14.4 Å². The Bertz CT molecular complexity index is 297. The van der Waals surface area contributed by atoms with Gasteiger partial charge in [-0.2, -0.15) is 0 Å². The molecule has 90 valence electrons. The van der Waals surface area contributed by atoms with E-state index in [1.54, 1.807) is 0 Å². The highest BCUT2D eigenvalue weighted by Gasteiger charge is 2.48. The van der Waals surface area contributed by atoms with Crippen molar-refractivity contribution in [3.8, 4) is 0 Å². The van der Waals surface area contributed by atoms with Crippen LogP contribution in [0.5, 0.6) is 0 Å². The van der Waals surface area contributed by atoms with E-state index in [1.165, 1.54) is 0 Å². The van der Waals surface area contributed by atoms with Crippen LogP contribution in [0.3, 0.4) is 0 Å². The van der Waals surface area contributed by atoms with Gasteiger partial charge in [0.25, 0.3) is 0 Å². The van der Waals surface area contributed by atoms with Gasteiger partial charge in [0.15, 0.2) is 5.41 Å². The summed E-state index contributed by atoms with van der Waals surface area (Å²) in [6.07, 6.45) is 0.677. The molecular weight excluding hydrogens is 216 g/mol. The topological polar surface area (TPSA) is 112 Å². The molecule has 0 heterocycles. The van der Waals surface area contributed by atoms with Gasteiger partial charge < -0.3 is 15.3 Å². The molecule has 3 N–H and O–H groups in total. The van der Waals surface area contributed by atoms with Crippen molar-refractivity contribution in [2.45, 2.75) is 32.1 Å². The van der Waals surface area contributed by atoms with Crippen LogP contribution in [0.4, 0.5) is 0 Å². The SMILES string of the molecule is O=C(O)CC1CCC(C(=O)O)(C(=O)O)CC1. The van der Waals surface area contributed by atoms with Crippen LogP contribution in [0, 0.1) is 11.3 Å². The molecule has 1 fully saturated rings. The molecule has 16 heavy (non-hydrogen) atoms. The fourth-order valence-electron chi connectivity index (χ4n) is 2.14. The lowest BCUT2D eigenvalue weighted by atomic mass is 9.70. The van der Waals surface area contributed by atoms with Crippen LogP contribution >= 0.6 is 0 Å². The largest absolute Gasteiger partial charge is 0.481 e. The average molecular weight is 230 g/mol. The second-order valence-corrected chi connectivity index (χ2v) is 4.23. The maximum atomic E-state index is 10.9. The Labute approximate surface area is 91.9 Å². The van der Waals surface area contributed by atoms with E-state index < -0.39 is 23.3 Å². The van der Waals surface area contributed by atoms with E-state index in [0.717, 1.165) is 0 Å². The molecule has 0 radical (unpaired) electrons. The first-order valence-corrected chi connectivity index (χ1v) is 5.07. The van der Waals surface area contributed by atoms with E-state index in [2.05, 4.69) is 0 Å². The number of aliphatic carboxylic acids is 3. The number of carbonyl (C=O) groups is 3. The second-order valence-electron chi connectivity index (χ2n) is 4.23. The summed E-state index contributed by atoms with van der Waals surface area (Å²) in [7, 11) is 0. The van der Waals surface area contributed by atoms with Crippen LogP contribution in [0.15, 0.2) is 0 Å². The highest BCUT2D eigenvalue weighted by molar-refractivity contribution is 5.98. The highest BCUT2D eigenvalue weighted by Crippen LogP contribution is 2.40. The fourth-order valence-corrected chi connectivity index (χ4v) is 2.14. The van der Waals surface area contributed by atoms with Gasteiger partial charge in [-0.1, -0.05) is 0 Å². The van der Waals surface area contributed by atoms with Crippen LogP contribution in [-0.4, -0.2) is 33.2 Å². The summed E-state index contributed by atoms with van der Waals surface area (Å²) < 4.78 is 0. The molecule has 1 aliphatic rings. The molecule has 1 aliphatic carbocycles. The molecule has 0 aliphatic heterocycles. The molecule has 0 aromatic carbocycles. The fraction of sp³-hybridized carbons (Fsp3) is 0.700. The van der Waals surface area contributed by atoms with Crippen molar-refractivity contribution >= 4 is 17.9 Å². The maximum absolute atomic E-state index is 10.9. The molecule has 0 saturated heterocycles. The van der Waals surface area contributed by atoms with Crippen molar-refractivity contribution in [3.63, 3.8) is 0 Å². The van der Waals surface area contributed by atoms with E-state index in [9.17, 15) is 14.4 Å². The smallest absolute Gasteiger partial charge is 0.321 e. The molecule has 6 heteroatoms. The molecule has 1 saturated carbocycles. The Kier molecular flexibility index (Phi) is 3.51. The van der Waals surface area contributed by atoms with Gasteiger partial charge in [0.05, 0.1) is 0 Å². The normalized spacial score (nSPS) is 20.2. The minimum Gasteiger partial charge on any atom is -0.481 e. The van der Waals surface area contributed by atoms with Gasteiger partial charge in [0, 0.05) is 6.42 Å². The zero-order valence-corrected chi connectivity index (χ0v) is 8.68. The van der Waals surface area contributed by atoms with Crippen LogP contribution in [0.2, 0.25) is 0 Å². The first-order valence-electron chi connectivity index (χ1n) is 5.07. The molecule has 6 nitrogen and oxygen atoms in total. The summed E-state index contributed by atoms with van der Waals surface area (Å²) >= 11 is 0. The molecule has 1 rings (SSSR count). The maximum Gasteiger partial charge on any atom is 0.321 e. The summed E-state index contributed by atoms with van der Waals surface area (Å²) in [4.78, 5) is 32.4. The quantitative estimate of drug-likeness (QED) is 0.616. The van der Waals surface area contributed by atoms with Crippen molar-refractivity contribution < 1.29 is 29.7 Å². The zero-order chi connectivity index (χ0) is 12.3. The minimum atomic E-state index is -1.71. The number of hydrogen-bond donors (Lipinski definition) is 3. The summed E-state index contributed by atoms with van der Waals surface area (Å²) in [5.74, 6) is -3.69. The van der Waals surface area contributed by atoms with Gasteiger partial charge in [0.2, 0.25) is 0 Å². The molecule has 0 aromatic heterocycles. The highest BCUT2D eigenvalue weighted by atomic mass is 16.4. The summed E-state index contributed by atoms with van der Waals surface area (Å²) in [6.45, 7) is 0. The van der Waals surface area contributed by atoms with Crippen molar-refractivity contribution in [2.24, 2.45) is 11.3 Å². The Morgan fingerprint density at radius 2 is 1.44 bits per heavy atom. The van der Waals surface area contributed by atoms with Gasteiger partial charge in [0.1, 0.15) is 0 Å². The van der Waals surface area contributed by atoms with Crippen molar-refractivity contribution in [2.75, 3.05) is 0 Å². The minimum absolute atomic E-state index is 0.00954. The van der Waals surface area contributed by atoms with Gasteiger partial charge in [-0.3, -0.25) is 14.4 Å². The summed E-state index contributed by atoms with van der Waals surface area (Å²) in [5.41, 5.74) is -1.71. The lowest BCUT2D eigenvalue weighted by molar-refractivity contribution is -0.168. The van der Waals surface area contributed by atoms with E-state index in [-0.39, 0.29) is 25.2 Å². The van der Waals surface area contributed by atoms with E-state index in [0.29, 0.717) is 12.8 Å². The zero-order valence-electron chi connectivity index (χ0n) is 8.68. The first kappa shape index (κ1) is 12.5. The average Bonchev–Trinajstić information content (AvgIpc) is 2.17. The van der Waals surface area contributed by atoms with Gasteiger partial charge in [-0.15, -0.1) is 0 Å². The number of rotatable bonds is 4. The third kappa shape index (κ3) is 2.32. The number of hydrogen-bond acceptors (Lipinski definition) is 3. The molecule has 0 bridgehead atoms. The van der Waals surface area contributed by atoms with Crippen LogP contribution < -0.4 is 0 Å². The third-order valence-corrected chi connectivity index (χ3v) is 3.24. The van der Waals surface area contributed by atoms with Crippen LogP contribution in [0.1, 0.15) is 32.1 Å². The Morgan fingerprint density at radius 3 is 1.75 bits per heavy atom. The van der Waals surface area contributed by atoms with E-state index >= 15 is 0 Å². The van der Waals surface area contributed by atoms with Crippen molar-refractivity contribution in [1.82, 2.24) is 0 Å². The molecule has 0 amide bonds. The predicted molar refractivity (Wildman–Crippen MR) is 51.9 cm³/mol.